The molecule has 32 heavy (non-hydrogen) atoms. The monoisotopic (exact) mass is 436 g/mol. The second-order valence-electron chi connectivity index (χ2n) is 9.47. The molecule has 0 bridgehead atoms. The molecular weight excluding hydrogens is 400 g/mol. The number of hydrogen-bond donors (Lipinski definition) is 1. The number of benzene rings is 1. The Bertz CT molecular complexity index is 875. The topological polar surface area (TPSA) is 62.7 Å². The first-order valence-electron chi connectivity index (χ1n) is 12.3. The van der Waals surface area contributed by atoms with Crippen LogP contribution in [0.2, 0.25) is 0 Å². The highest BCUT2D eigenvalue weighted by Crippen LogP contribution is 2.41. The highest BCUT2D eigenvalue weighted by atomic mass is 16.6. The van der Waals surface area contributed by atoms with Gasteiger partial charge in [-0.2, -0.15) is 0 Å². The molecule has 1 aliphatic heterocycles. The van der Waals surface area contributed by atoms with E-state index in [0.29, 0.717) is 17.4 Å². The van der Waals surface area contributed by atoms with Gasteiger partial charge in [0.05, 0.1) is 0 Å². The Hall–Kier alpha value is -2.24. The molecule has 1 aromatic heterocycles. The van der Waals surface area contributed by atoms with Crippen molar-refractivity contribution in [3.8, 4) is 5.75 Å². The lowest BCUT2D eigenvalue weighted by Crippen LogP contribution is -2.44. The van der Waals surface area contributed by atoms with Gasteiger partial charge < -0.3 is 14.7 Å². The van der Waals surface area contributed by atoms with Gasteiger partial charge in [-0.15, -0.1) is 0 Å². The van der Waals surface area contributed by atoms with Crippen LogP contribution < -0.4 is 4.74 Å². The smallest absolute Gasteiger partial charge is 0.348 e. The standard InChI is InChI=1S/C27H36N2O3/c1-21(29-18-8-3-9-19-29)14-15-24-20-25(16-17-28-24)32-26(30)27(31,23-12-6-7-13-23)22-10-4-2-5-11-22/h2,4-5,10-11,16-17,20-21,23,31H,3,6-9,12-15,18-19H2,1H3. The number of piperidine rings is 1. The first kappa shape index (κ1) is 22.9. The summed E-state index contributed by atoms with van der Waals surface area (Å²) in [5.41, 5.74) is -0.0888. The molecule has 0 radical (unpaired) electrons. The van der Waals surface area contributed by atoms with E-state index in [2.05, 4.69) is 16.8 Å². The van der Waals surface area contributed by atoms with Crippen LogP contribution >= 0.6 is 0 Å². The third kappa shape index (κ3) is 5.21. The number of rotatable bonds is 8. The van der Waals surface area contributed by atoms with E-state index < -0.39 is 11.6 Å². The van der Waals surface area contributed by atoms with Gasteiger partial charge >= 0.3 is 5.97 Å². The summed E-state index contributed by atoms with van der Waals surface area (Å²) in [6, 6.07) is 13.3. The van der Waals surface area contributed by atoms with E-state index in [1.807, 2.05) is 36.4 Å². The van der Waals surface area contributed by atoms with Gasteiger partial charge in [-0.3, -0.25) is 4.98 Å². The van der Waals surface area contributed by atoms with Crippen LogP contribution in [0.5, 0.6) is 5.75 Å². The molecule has 2 aromatic rings. The van der Waals surface area contributed by atoms with Gasteiger partial charge in [-0.05, 0) is 70.2 Å². The minimum atomic E-state index is -1.62. The van der Waals surface area contributed by atoms with E-state index >= 15 is 0 Å². The Labute approximate surface area is 191 Å². The summed E-state index contributed by atoms with van der Waals surface area (Å²) < 4.78 is 5.77. The van der Waals surface area contributed by atoms with Crippen molar-refractivity contribution in [1.82, 2.24) is 9.88 Å². The van der Waals surface area contributed by atoms with Crippen molar-refractivity contribution in [3.05, 3.63) is 59.9 Å². The molecule has 2 fully saturated rings. The number of esters is 1. The second-order valence-corrected chi connectivity index (χ2v) is 9.47. The number of ether oxygens (including phenoxy) is 1. The Morgan fingerprint density at radius 3 is 2.56 bits per heavy atom. The maximum atomic E-state index is 13.3. The largest absolute Gasteiger partial charge is 0.424 e. The molecule has 1 saturated carbocycles. The van der Waals surface area contributed by atoms with Gasteiger partial charge in [0.1, 0.15) is 5.75 Å². The molecule has 1 aromatic carbocycles. The molecule has 5 heteroatoms. The van der Waals surface area contributed by atoms with Gasteiger partial charge in [-0.25, -0.2) is 4.79 Å². The maximum Gasteiger partial charge on any atom is 0.348 e. The maximum absolute atomic E-state index is 13.3. The molecule has 2 unspecified atom stereocenters. The van der Waals surface area contributed by atoms with Gasteiger partial charge in [0, 0.05) is 29.9 Å². The van der Waals surface area contributed by atoms with E-state index in [1.165, 1.54) is 32.4 Å². The molecule has 0 amide bonds. The van der Waals surface area contributed by atoms with Crippen molar-refractivity contribution in [2.24, 2.45) is 5.92 Å². The van der Waals surface area contributed by atoms with E-state index in [-0.39, 0.29) is 5.92 Å². The summed E-state index contributed by atoms with van der Waals surface area (Å²) in [6.07, 6.45) is 11.2. The Balaban J connectivity index is 1.44. The van der Waals surface area contributed by atoms with Crippen LogP contribution in [-0.4, -0.2) is 40.1 Å². The zero-order valence-electron chi connectivity index (χ0n) is 19.2. The lowest BCUT2D eigenvalue weighted by molar-refractivity contribution is -0.163. The van der Waals surface area contributed by atoms with Crippen LogP contribution in [0.15, 0.2) is 48.7 Å². The molecule has 1 saturated heterocycles. The summed E-state index contributed by atoms with van der Waals surface area (Å²) in [7, 11) is 0. The number of carbonyl (C=O) groups excluding carboxylic acids is 1. The van der Waals surface area contributed by atoms with E-state index in [4.69, 9.17) is 4.74 Å². The first-order chi connectivity index (χ1) is 15.6. The predicted octanol–water partition coefficient (Wildman–Crippen LogP) is 4.87. The Kier molecular flexibility index (Phi) is 7.59. The molecule has 1 aliphatic carbocycles. The molecule has 1 N–H and O–H groups in total. The highest BCUT2D eigenvalue weighted by molar-refractivity contribution is 5.83. The van der Waals surface area contributed by atoms with Crippen molar-refractivity contribution in [3.63, 3.8) is 0 Å². The summed E-state index contributed by atoms with van der Waals surface area (Å²) in [4.78, 5) is 20.4. The first-order valence-corrected chi connectivity index (χ1v) is 12.3. The van der Waals surface area contributed by atoms with Crippen LogP contribution in [0, 0.1) is 5.92 Å². The fourth-order valence-electron chi connectivity index (χ4n) is 5.30. The number of aryl methyl sites for hydroxylation is 1. The fourth-order valence-corrected chi connectivity index (χ4v) is 5.30. The van der Waals surface area contributed by atoms with Crippen molar-refractivity contribution in [2.75, 3.05) is 13.1 Å². The van der Waals surface area contributed by atoms with Gasteiger partial charge in [-0.1, -0.05) is 49.6 Å². The average Bonchev–Trinajstić information content (AvgIpc) is 3.39. The quantitative estimate of drug-likeness (QED) is 0.598. The summed E-state index contributed by atoms with van der Waals surface area (Å²) in [5, 5.41) is 11.6. The van der Waals surface area contributed by atoms with Crippen molar-refractivity contribution in [1.29, 1.82) is 0 Å². The molecule has 4 rings (SSSR count). The van der Waals surface area contributed by atoms with Crippen LogP contribution in [0.3, 0.4) is 0 Å². The number of hydrogen-bond acceptors (Lipinski definition) is 5. The lowest BCUT2D eigenvalue weighted by Gasteiger charge is -2.32. The SMILES string of the molecule is CC(CCc1cc(OC(=O)C(O)(c2ccccc2)C2CCCC2)ccn1)N1CCCCC1. The van der Waals surface area contributed by atoms with Crippen LogP contribution in [0.4, 0.5) is 0 Å². The number of likely N-dealkylation sites (tertiary alicyclic amines) is 1. The number of aliphatic hydroxyl groups is 1. The molecule has 0 spiro atoms. The summed E-state index contributed by atoms with van der Waals surface area (Å²) in [5.74, 6) is -0.253. The molecule has 172 valence electrons. The van der Waals surface area contributed by atoms with Gasteiger partial charge in [0.15, 0.2) is 5.60 Å². The van der Waals surface area contributed by atoms with Crippen LogP contribution in [0.1, 0.15) is 69.5 Å². The Morgan fingerprint density at radius 2 is 1.84 bits per heavy atom. The number of pyridine rings is 1. The zero-order chi connectivity index (χ0) is 22.4. The summed E-state index contributed by atoms with van der Waals surface area (Å²) >= 11 is 0. The predicted molar refractivity (Wildman–Crippen MR) is 125 cm³/mol. The second kappa shape index (κ2) is 10.6. The molecule has 2 aliphatic rings. The third-order valence-corrected chi connectivity index (χ3v) is 7.30. The average molecular weight is 437 g/mol. The van der Waals surface area contributed by atoms with Crippen molar-refractivity contribution >= 4 is 5.97 Å². The molecule has 5 nitrogen and oxygen atoms in total. The molecule has 2 heterocycles. The van der Waals surface area contributed by atoms with E-state index in [0.717, 1.165) is 44.2 Å². The third-order valence-electron chi connectivity index (χ3n) is 7.30. The lowest BCUT2D eigenvalue weighted by atomic mass is 9.80. The highest BCUT2D eigenvalue weighted by Gasteiger charge is 2.48. The summed E-state index contributed by atoms with van der Waals surface area (Å²) in [6.45, 7) is 4.66. The normalized spacial score (nSPS) is 20.6. The number of aromatic nitrogens is 1. The van der Waals surface area contributed by atoms with Gasteiger partial charge in [0.25, 0.3) is 0 Å². The van der Waals surface area contributed by atoms with Crippen LogP contribution in [-0.2, 0) is 16.8 Å². The zero-order valence-corrected chi connectivity index (χ0v) is 19.2. The van der Waals surface area contributed by atoms with E-state index in [1.54, 1.807) is 12.3 Å². The van der Waals surface area contributed by atoms with Gasteiger partial charge in [0.2, 0.25) is 0 Å². The molecule has 2 atom stereocenters. The minimum absolute atomic E-state index is 0.121. The Morgan fingerprint density at radius 1 is 1.12 bits per heavy atom. The fraction of sp³-hybridized carbons (Fsp3) is 0.556. The number of carbonyl (C=O) groups is 1. The molecular formula is C27H36N2O3. The number of nitrogens with zero attached hydrogens (tertiary/aromatic N) is 2. The minimum Gasteiger partial charge on any atom is -0.424 e. The van der Waals surface area contributed by atoms with Crippen molar-refractivity contribution < 1.29 is 14.6 Å². The van der Waals surface area contributed by atoms with Crippen molar-refractivity contribution in [2.45, 2.75) is 76.4 Å². The van der Waals surface area contributed by atoms with Crippen LogP contribution in [0.25, 0.3) is 0 Å². The van der Waals surface area contributed by atoms with E-state index in [9.17, 15) is 9.90 Å².